The number of methoxy groups -OCH3 is 1. The molecule has 0 aromatic heterocycles. The maximum Gasteiger partial charge on any atom is 0.121 e. The van der Waals surface area contributed by atoms with Crippen molar-refractivity contribution in [2.75, 3.05) is 31.8 Å². The normalized spacial score (nSPS) is 8.21. The Hall–Kier alpha value is -0.800. The first kappa shape index (κ1) is 15.7. The van der Waals surface area contributed by atoms with Gasteiger partial charge in [0.1, 0.15) is 5.75 Å². The van der Waals surface area contributed by atoms with E-state index in [1.165, 1.54) is 0 Å². The fraction of sp³-hybridized carbons (Fsp3) is 0.333. The minimum Gasteiger partial charge on any atom is -0.497 e. The summed E-state index contributed by atoms with van der Waals surface area (Å²) in [6, 6.07) is 5.65. The van der Waals surface area contributed by atoms with Crippen LogP contribution < -0.4 is 15.4 Å². The van der Waals surface area contributed by atoms with Gasteiger partial charge < -0.3 is 15.4 Å². The number of nitrogens with two attached hydrogens (primary N) is 1. The van der Waals surface area contributed by atoms with Crippen molar-refractivity contribution in [3.05, 3.63) is 18.2 Å². The number of rotatable bonds is 2. The molecule has 82 valence electrons. The molecule has 1 aromatic carbocycles. The Kier molecular flexibility index (Phi) is 7.41. The highest BCUT2D eigenvalue weighted by atomic mass is 35.5. The van der Waals surface area contributed by atoms with Crippen LogP contribution in [0.1, 0.15) is 0 Å². The third-order valence-corrected chi connectivity index (χ3v) is 1.72. The zero-order valence-corrected chi connectivity index (χ0v) is 10.1. The molecule has 0 spiro atoms. The van der Waals surface area contributed by atoms with Crippen LogP contribution in [0.15, 0.2) is 18.2 Å². The van der Waals surface area contributed by atoms with Crippen LogP contribution >= 0.6 is 24.8 Å². The Morgan fingerprint density at radius 3 is 2.14 bits per heavy atom. The number of nitrogen functional groups attached to an aromatic ring is 1. The average Bonchev–Trinajstić information content (AvgIpc) is 2.03. The van der Waals surface area contributed by atoms with E-state index in [0.29, 0.717) is 0 Å². The van der Waals surface area contributed by atoms with Gasteiger partial charge in [-0.25, -0.2) is 0 Å². The molecule has 0 radical (unpaired) electrons. The van der Waals surface area contributed by atoms with Crippen molar-refractivity contribution in [2.45, 2.75) is 0 Å². The molecule has 0 unspecified atom stereocenters. The van der Waals surface area contributed by atoms with Crippen LogP contribution in [0.2, 0.25) is 0 Å². The van der Waals surface area contributed by atoms with Crippen LogP contribution in [-0.4, -0.2) is 21.2 Å². The summed E-state index contributed by atoms with van der Waals surface area (Å²) in [6.45, 7) is 0. The number of benzene rings is 1. The lowest BCUT2D eigenvalue weighted by molar-refractivity contribution is 0.415. The molecule has 0 atom stereocenters. The quantitative estimate of drug-likeness (QED) is 0.804. The van der Waals surface area contributed by atoms with E-state index in [1.54, 1.807) is 7.11 Å². The van der Waals surface area contributed by atoms with E-state index in [4.69, 9.17) is 10.5 Å². The topological polar surface area (TPSA) is 38.5 Å². The lowest BCUT2D eigenvalue weighted by Crippen LogP contribution is -2.10. The van der Waals surface area contributed by atoms with E-state index in [-0.39, 0.29) is 24.8 Å². The van der Waals surface area contributed by atoms with E-state index >= 15 is 0 Å². The summed E-state index contributed by atoms with van der Waals surface area (Å²) >= 11 is 0. The molecule has 0 aliphatic rings. The van der Waals surface area contributed by atoms with Gasteiger partial charge in [-0.3, -0.25) is 0 Å². The van der Waals surface area contributed by atoms with E-state index in [1.807, 2.05) is 37.2 Å². The summed E-state index contributed by atoms with van der Waals surface area (Å²) in [5, 5.41) is 0. The van der Waals surface area contributed by atoms with Gasteiger partial charge in [-0.2, -0.15) is 0 Å². The largest absolute Gasteiger partial charge is 0.497 e. The smallest absolute Gasteiger partial charge is 0.121 e. The molecule has 0 aliphatic heterocycles. The number of halogens is 2. The van der Waals surface area contributed by atoms with Crippen molar-refractivity contribution < 1.29 is 4.74 Å². The standard InChI is InChI=1S/C9H14N2O.2ClH/c1-11(2)9-5-4-7(12-3)6-8(9)10;;/h4-6H,10H2,1-3H3;2*1H. The molecular formula is C9H16Cl2N2O. The maximum absolute atomic E-state index is 5.78. The van der Waals surface area contributed by atoms with Gasteiger partial charge in [0, 0.05) is 20.2 Å². The summed E-state index contributed by atoms with van der Waals surface area (Å²) in [7, 11) is 5.54. The van der Waals surface area contributed by atoms with E-state index < -0.39 is 0 Å². The monoisotopic (exact) mass is 238 g/mol. The highest BCUT2D eigenvalue weighted by Crippen LogP contribution is 2.25. The van der Waals surface area contributed by atoms with Crippen molar-refractivity contribution in [1.82, 2.24) is 0 Å². The number of ether oxygens (including phenoxy) is 1. The van der Waals surface area contributed by atoms with E-state index in [0.717, 1.165) is 17.1 Å². The fourth-order valence-electron chi connectivity index (χ4n) is 1.07. The number of anilines is 2. The SMILES string of the molecule is COc1ccc(N(C)C)c(N)c1.Cl.Cl. The molecule has 14 heavy (non-hydrogen) atoms. The van der Waals surface area contributed by atoms with Gasteiger partial charge in [0.05, 0.1) is 18.5 Å². The van der Waals surface area contributed by atoms with Crippen molar-refractivity contribution in [2.24, 2.45) is 0 Å². The minimum absolute atomic E-state index is 0. The highest BCUT2D eigenvalue weighted by Gasteiger charge is 2.01. The summed E-state index contributed by atoms with van der Waals surface area (Å²) in [4.78, 5) is 1.97. The molecule has 0 fully saturated rings. The fourth-order valence-corrected chi connectivity index (χ4v) is 1.07. The van der Waals surface area contributed by atoms with Crippen molar-refractivity contribution >= 4 is 36.2 Å². The Bertz CT molecular complexity index is 280. The number of hydrogen-bond donors (Lipinski definition) is 1. The van der Waals surface area contributed by atoms with Gasteiger partial charge in [-0.15, -0.1) is 24.8 Å². The van der Waals surface area contributed by atoms with Crippen LogP contribution in [0.5, 0.6) is 5.75 Å². The van der Waals surface area contributed by atoms with Crippen molar-refractivity contribution in [1.29, 1.82) is 0 Å². The Balaban J connectivity index is 0. The summed E-state index contributed by atoms with van der Waals surface area (Å²) in [5.41, 5.74) is 7.52. The van der Waals surface area contributed by atoms with Gasteiger partial charge in [0.2, 0.25) is 0 Å². The van der Waals surface area contributed by atoms with Gasteiger partial charge in [0.15, 0.2) is 0 Å². The first-order valence-corrected chi connectivity index (χ1v) is 3.76. The van der Waals surface area contributed by atoms with Gasteiger partial charge in [0.25, 0.3) is 0 Å². The van der Waals surface area contributed by atoms with Crippen molar-refractivity contribution in [3.63, 3.8) is 0 Å². The predicted octanol–water partition coefficient (Wildman–Crippen LogP) is 2.19. The lowest BCUT2D eigenvalue weighted by Gasteiger charge is -2.15. The van der Waals surface area contributed by atoms with Crippen LogP contribution in [0, 0.1) is 0 Å². The van der Waals surface area contributed by atoms with Crippen molar-refractivity contribution in [3.8, 4) is 5.75 Å². The summed E-state index contributed by atoms with van der Waals surface area (Å²) in [5.74, 6) is 0.790. The molecule has 1 rings (SSSR count). The molecule has 0 bridgehead atoms. The van der Waals surface area contributed by atoms with E-state index in [9.17, 15) is 0 Å². The average molecular weight is 239 g/mol. The zero-order chi connectivity index (χ0) is 9.14. The third kappa shape index (κ3) is 3.52. The molecule has 3 nitrogen and oxygen atoms in total. The Labute approximate surface area is 97.0 Å². The van der Waals surface area contributed by atoms with Crippen LogP contribution in [0.3, 0.4) is 0 Å². The first-order chi connectivity index (χ1) is 5.65. The molecule has 0 saturated carbocycles. The zero-order valence-electron chi connectivity index (χ0n) is 8.48. The van der Waals surface area contributed by atoms with E-state index in [2.05, 4.69) is 0 Å². The Morgan fingerprint density at radius 1 is 1.21 bits per heavy atom. The molecule has 0 saturated heterocycles. The maximum atomic E-state index is 5.78. The molecule has 1 aromatic rings. The number of nitrogens with zero attached hydrogens (tertiary/aromatic N) is 1. The summed E-state index contributed by atoms with van der Waals surface area (Å²) in [6.07, 6.45) is 0. The predicted molar refractivity (Wildman–Crippen MR) is 66.2 cm³/mol. The minimum atomic E-state index is 0. The molecule has 5 heteroatoms. The second-order valence-corrected chi connectivity index (χ2v) is 2.82. The van der Waals surface area contributed by atoms with Gasteiger partial charge in [-0.05, 0) is 12.1 Å². The molecule has 0 amide bonds. The highest BCUT2D eigenvalue weighted by molar-refractivity contribution is 5.85. The molecule has 2 N–H and O–H groups in total. The van der Waals surface area contributed by atoms with Crippen LogP contribution in [0.25, 0.3) is 0 Å². The van der Waals surface area contributed by atoms with Gasteiger partial charge in [-0.1, -0.05) is 0 Å². The van der Waals surface area contributed by atoms with Crippen LogP contribution in [0.4, 0.5) is 11.4 Å². The number of hydrogen-bond acceptors (Lipinski definition) is 3. The lowest BCUT2D eigenvalue weighted by atomic mass is 10.2. The Morgan fingerprint density at radius 2 is 1.79 bits per heavy atom. The van der Waals surface area contributed by atoms with Gasteiger partial charge >= 0.3 is 0 Å². The van der Waals surface area contributed by atoms with Crippen LogP contribution in [-0.2, 0) is 0 Å². The summed E-state index contributed by atoms with van der Waals surface area (Å²) < 4.78 is 5.03. The molecular weight excluding hydrogens is 223 g/mol. The third-order valence-electron chi connectivity index (χ3n) is 1.72. The first-order valence-electron chi connectivity index (χ1n) is 3.76. The second-order valence-electron chi connectivity index (χ2n) is 2.82. The second kappa shape index (κ2) is 6.62. The molecule has 0 heterocycles. The molecule has 0 aliphatic carbocycles.